The summed E-state index contributed by atoms with van der Waals surface area (Å²) in [4.78, 5) is 14.2. The van der Waals surface area contributed by atoms with Crippen LogP contribution in [-0.2, 0) is 14.3 Å². The Balaban J connectivity index is 1.94. The highest BCUT2D eigenvalue weighted by Gasteiger charge is 2.35. The monoisotopic (exact) mass is 228 g/mol. The Labute approximate surface area is 96.1 Å². The van der Waals surface area contributed by atoms with Crippen LogP contribution in [-0.4, -0.2) is 63.4 Å². The van der Waals surface area contributed by atoms with E-state index in [1.54, 1.807) is 0 Å². The van der Waals surface area contributed by atoms with E-state index in [1.165, 1.54) is 0 Å². The standard InChI is InChI=1S/C11H20N2O3/c1-12-10-8-16-7-9(10)11(14)13-3-2-5-15-6-4-13/h9-10,12H,2-8H2,1H3. The molecule has 0 aromatic carbocycles. The molecule has 2 heterocycles. The van der Waals surface area contributed by atoms with Crippen molar-refractivity contribution < 1.29 is 14.3 Å². The number of nitrogens with one attached hydrogen (secondary N) is 1. The average Bonchev–Trinajstić information content (AvgIpc) is 2.61. The molecule has 5 heteroatoms. The number of carbonyl (C=O) groups excluding carboxylic acids is 1. The number of rotatable bonds is 2. The van der Waals surface area contributed by atoms with E-state index >= 15 is 0 Å². The van der Waals surface area contributed by atoms with E-state index in [0.29, 0.717) is 26.4 Å². The molecule has 2 unspecified atom stereocenters. The van der Waals surface area contributed by atoms with Gasteiger partial charge in [-0.2, -0.15) is 0 Å². The lowest BCUT2D eigenvalue weighted by molar-refractivity contribution is -0.136. The molecule has 2 aliphatic heterocycles. The molecule has 0 radical (unpaired) electrons. The molecule has 0 bridgehead atoms. The summed E-state index contributed by atoms with van der Waals surface area (Å²) in [6.07, 6.45) is 0.934. The van der Waals surface area contributed by atoms with Gasteiger partial charge in [-0.25, -0.2) is 0 Å². The number of nitrogens with zero attached hydrogens (tertiary/aromatic N) is 1. The predicted octanol–water partition coefficient (Wildman–Crippen LogP) is -0.530. The second kappa shape index (κ2) is 5.61. The van der Waals surface area contributed by atoms with Gasteiger partial charge < -0.3 is 19.7 Å². The van der Waals surface area contributed by atoms with Crippen molar-refractivity contribution in [3.8, 4) is 0 Å². The van der Waals surface area contributed by atoms with Crippen molar-refractivity contribution in [3.63, 3.8) is 0 Å². The van der Waals surface area contributed by atoms with Crippen molar-refractivity contribution in [2.24, 2.45) is 5.92 Å². The van der Waals surface area contributed by atoms with Gasteiger partial charge in [-0.3, -0.25) is 4.79 Å². The highest BCUT2D eigenvalue weighted by molar-refractivity contribution is 5.80. The second-order valence-corrected chi connectivity index (χ2v) is 4.33. The lowest BCUT2D eigenvalue weighted by atomic mass is 10.0. The van der Waals surface area contributed by atoms with Crippen LogP contribution in [0.15, 0.2) is 0 Å². The Morgan fingerprint density at radius 3 is 2.94 bits per heavy atom. The van der Waals surface area contributed by atoms with Crippen molar-refractivity contribution in [1.29, 1.82) is 0 Å². The molecule has 2 aliphatic rings. The topological polar surface area (TPSA) is 50.8 Å². The Kier molecular flexibility index (Phi) is 4.15. The normalized spacial score (nSPS) is 31.4. The molecule has 0 aromatic heterocycles. The molecule has 2 rings (SSSR count). The van der Waals surface area contributed by atoms with Crippen LogP contribution < -0.4 is 5.32 Å². The highest BCUT2D eigenvalue weighted by atomic mass is 16.5. The summed E-state index contributed by atoms with van der Waals surface area (Å²) < 4.78 is 10.7. The molecule has 16 heavy (non-hydrogen) atoms. The Morgan fingerprint density at radius 2 is 2.12 bits per heavy atom. The van der Waals surface area contributed by atoms with Crippen LogP contribution in [0.4, 0.5) is 0 Å². The fraction of sp³-hybridized carbons (Fsp3) is 0.909. The van der Waals surface area contributed by atoms with Crippen LogP contribution in [0.25, 0.3) is 0 Å². The molecule has 1 amide bonds. The van der Waals surface area contributed by atoms with Crippen molar-refractivity contribution in [2.45, 2.75) is 12.5 Å². The predicted molar refractivity (Wildman–Crippen MR) is 59.2 cm³/mol. The lowest BCUT2D eigenvalue weighted by Gasteiger charge is -2.25. The van der Waals surface area contributed by atoms with Gasteiger partial charge in [0.1, 0.15) is 0 Å². The molecular weight excluding hydrogens is 208 g/mol. The van der Waals surface area contributed by atoms with Gasteiger partial charge in [0.05, 0.1) is 25.7 Å². The van der Waals surface area contributed by atoms with Crippen molar-refractivity contribution in [3.05, 3.63) is 0 Å². The largest absolute Gasteiger partial charge is 0.380 e. The van der Waals surface area contributed by atoms with E-state index in [2.05, 4.69) is 5.32 Å². The van der Waals surface area contributed by atoms with Crippen molar-refractivity contribution in [1.82, 2.24) is 10.2 Å². The molecule has 0 aliphatic carbocycles. The Hall–Kier alpha value is -0.650. The van der Waals surface area contributed by atoms with Crippen LogP contribution in [0.2, 0.25) is 0 Å². The summed E-state index contributed by atoms with van der Waals surface area (Å²) in [5, 5.41) is 3.15. The summed E-state index contributed by atoms with van der Waals surface area (Å²) in [5.41, 5.74) is 0. The zero-order valence-electron chi connectivity index (χ0n) is 9.78. The van der Waals surface area contributed by atoms with E-state index in [-0.39, 0.29) is 17.9 Å². The van der Waals surface area contributed by atoms with Crippen molar-refractivity contribution >= 4 is 5.91 Å². The number of amides is 1. The number of hydrogen-bond acceptors (Lipinski definition) is 4. The summed E-state index contributed by atoms with van der Waals surface area (Å²) in [6, 6.07) is 0.164. The number of hydrogen-bond donors (Lipinski definition) is 1. The summed E-state index contributed by atoms with van der Waals surface area (Å²) >= 11 is 0. The fourth-order valence-electron chi connectivity index (χ4n) is 2.28. The van der Waals surface area contributed by atoms with Crippen LogP contribution in [0.1, 0.15) is 6.42 Å². The van der Waals surface area contributed by atoms with E-state index in [9.17, 15) is 4.79 Å². The Bertz CT molecular complexity index is 239. The smallest absolute Gasteiger partial charge is 0.229 e. The van der Waals surface area contributed by atoms with Gasteiger partial charge in [-0.15, -0.1) is 0 Å². The molecule has 2 fully saturated rings. The molecule has 5 nitrogen and oxygen atoms in total. The maximum absolute atomic E-state index is 12.3. The van der Waals surface area contributed by atoms with Gasteiger partial charge in [-0.05, 0) is 13.5 Å². The third-order valence-electron chi connectivity index (χ3n) is 3.30. The number of likely N-dealkylation sites (N-methyl/N-ethyl adjacent to an activating group) is 1. The molecule has 0 aromatic rings. The van der Waals surface area contributed by atoms with E-state index in [0.717, 1.165) is 19.6 Å². The quantitative estimate of drug-likeness (QED) is 0.690. The van der Waals surface area contributed by atoms with E-state index in [4.69, 9.17) is 9.47 Å². The van der Waals surface area contributed by atoms with Crippen LogP contribution in [0.5, 0.6) is 0 Å². The van der Waals surface area contributed by atoms with E-state index in [1.807, 2.05) is 11.9 Å². The van der Waals surface area contributed by atoms with Crippen molar-refractivity contribution in [2.75, 3.05) is 46.6 Å². The first-order valence-corrected chi connectivity index (χ1v) is 5.94. The first kappa shape index (κ1) is 11.8. The fourth-order valence-corrected chi connectivity index (χ4v) is 2.28. The first-order chi connectivity index (χ1) is 7.83. The maximum Gasteiger partial charge on any atom is 0.229 e. The second-order valence-electron chi connectivity index (χ2n) is 4.33. The van der Waals surface area contributed by atoms with E-state index < -0.39 is 0 Å². The molecule has 0 saturated carbocycles. The van der Waals surface area contributed by atoms with Crippen LogP contribution in [0, 0.1) is 5.92 Å². The zero-order valence-corrected chi connectivity index (χ0v) is 9.78. The molecule has 2 atom stereocenters. The number of carbonyl (C=O) groups is 1. The van der Waals surface area contributed by atoms with Gasteiger partial charge in [0.25, 0.3) is 0 Å². The minimum absolute atomic E-state index is 0.0249. The maximum atomic E-state index is 12.3. The van der Waals surface area contributed by atoms with Gasteiger partial charge in [0, 0.05) is 25.7 Å². The van der Waals surface area contributed by atoms with Crippen LogP contribution in [0.3, 0.4) is 0 Å². The van der Waals surface area contributed by atoms with Crippen LogP contribution >= 0.6 is 0 Å². The molecule has 0 spiro atoms. The summed E-state index contributed by atoms with van der Waals surface area (Å²) in [6.45, 7) is 4.13. The number of ether oxygens (including phenoxy) is 2. The minimum Gasteiger partial charge on any atom is -0.380 e. The molecule has 92 valence electrons. The summed E-state index contributed by atoms with van der Waals surface area (Å²) in [5.74, 6) is 0.186. The molecule has 2 saturated heterocycles. The van der Waals surface area contributed by atoms with Gasteiger partial charge in [0.2, 0.25) is 5.91 Å². The highest BCUT2D eigenvalue weighted by Crippen LogP contribution is 2.17. The zero-order chi connectivity index (χ0) is 11.4. The third-order valence-corrected chi connectivity index (χ3v) is 3.30. The van der Waals surface area contributed by atoms with Gasteiger partial charge in [-0.1, -0.05) is 0 Å². The Morgan fingerprint density at radius 1 is 1.25 bits per heavy atom. The van der Waals surface area contributed by atoms with Gasteiger partial charge in [0.15, 0.2) is 0 Å². The first-order valence-electron chi connectivity index (χ1n) is 5.94. The molecular formula is C11H20N2O3. The van der Waals surface area contributed by atoms with Gasteiger partial charge >= 0.3 is 0 Å². The third kappa shape index (κ3) is 2.53. The molecule has 1 N–H and O–H groups in total. The summed E-state index contributed by atoms with van der Waals surface area (Å²) in [7, 11) is 1.88. The minimum atomic E-state index is -0.0249. The SMILES string of the molecule is CNC1COCC1C(=O)N1CCCOCC1. The lowest BCUT2D eigenvalue weighted by Crippen LogP contribution is -2.45. The average molecular weight is 228 g/mol.